The maximum absolute atomic E-state index is 13.0. The summed E-state index contributed by atoms with van der Waals surface area (Å²) < 4.78 is 51.2. The number of rotatable bonds is 6. The van der Waals surface area contributed by atoms with Gasteiger partial charge in [0.2, 0.25) is 9.84 Å². The molecule has 0 radical (unpaired) electrons. The standard InChI is InChI=1S/C18H20O4S2/c1-4-5-13-23(19,20)17-8-6-7-15(3)18(17)24(21,22)16-11-9-14(2)10-12-16/h4,6-12H,1,5,13H2,2-3H3. The zero-order valence-corrected chi connectivity index (χ0v) is 15.3. The summed E-state index contributed by atoms with van der Waals surface area (Å²) in [6, 6.07) is 10.9. The Morgan fingerprint density at radius 1 is 0.958 bits per heavy atom. The van der Waals surface area contributed by atoms with Crippen LogP contribution in [0.2, 0.25) is 0 Å². The maximum Gasteiger partial charge on any atom is 0.208 e. The zero-order valence-electron chi connectivity index (χ0n) is 13.7. The van der Waals surface area contributed by atoms with Crippen molar-refractivity contribution >= 4 is 19.7 Å². The van der Waals surface area contributed by atoms with Gasteiger partial charge in [0.05, 0.1) is 20.4 Å². The second-order valence-electron chi connectivity index (χ2n) is 5.61. The number of hydrogen-bond acceptors (Lipinski definition) is 4. The Kier molecular flexibility index (Phi) is 5.30. The predicted octanol–water partition coefficient (Wildman–Crippen LogP) is 3.49. The van der Waals surface area contributed by atoms with Crippen molar-refractivity contribution in [2.24, 2.45) is 0 Å². The summed E-state index contributed by atoms with van der Waals surface area (Å²) in [7, 11) is -7.66. The molecule has 2 aromatic rings. The lowest BCUT2D eigenvalue weighted by atomic mass is 10.2. The molecule has 0 aliphatic rings. The van der Waals surface area contributed by atoms with Crippen molar-refractivity contribution in [1.29, 1.82) is 0 Å². The van der Waals surface area contributed by atoms with E-state index in [0.29, 0.717) is 5.56 Å². The molecule has 4 nitrogen and oxygen atoms in total. The Balaban J connectivity index is 2.70. The molecule has 2 rings (SSSR count). The quantitative estimate of drug-likeness (QED) is 0.736. The van der Waals surface area contributed by atoms with Gasteiger partial charge in [-0.15, -0.1) is 6.58 Å². The normalized spacial score (nSPS) is 12.1. The first-order valence-corrected chi connectivity index (χ1v) is 10.6. The number of sulfone groups is 2. The number of hydrogen-bond donors (Lipinski definition) is 0. The summed E-state index contributed by atoms with van der Waals surface area (Å²) in [5.74, 6) is -0.170. The van der Waals surface area contributed by atoms with Gasteiger partial charge in [0, 0.05) is 0 Å². The van der Waals surface area contributed by atoms with E-state index >= 15 is 0 Å². The van der Waals surface area contributed by atoms with Crippen LogP contribution in [0.15, 0.2) is 69.8 Å². The first kappa shape index (κ1) is 18.4. The lowest BCUT2D eigenvalue weighted by Crippen LogP contribution is -2.14. The van der Waals surface area contributed by atoms with E-state index in [1.165, 1.54) is 24.3 Å². The van der Waals surface area contributed by atoms with E-state index < -0.39 is 19.7 Å². The lowest BCUT2D eigenvalue weighted by Gasteiger charge is -2.14. The van der Waals surface area contributed by atoms with Crippen LogP contribution in [0, 0.1) is 13.8 Å². The molecule has 0 aliphatic heterocycles. The van der Waals surface area contributed by atoms with Gasteiger partial charge in [0.1, 0.15) is 0 Å². The molecular formula is C18H20O4S2. The molecule has 0 aliphatic carbocycles. The third-order valence-electron chi connectivity index (χ3n) is 3.70. The lowest BCUT2D eigenvalue weighted by molar-refractivity contribution is 0.581. The van der Waals surface area contributed by atoms with Crippen LogP contribution in [0.25, 0.3) is 0 Å². The highest BCUT2D eigenvalue weighted by molar-refractivity contribution is 7.94. The van der Waals surface area contributed by atoms with Crippen molar-refractivity contribution in [3.63, 3.8) is 0 Å². The second-order valence-corrected chi connectivity index (χ2v) is 9.58. The molecule has 0 amide bonds. The molecule has 6 heteroatoms. The average Bonchev–Trinajstić information content (AvgIpc) is 2.53. The molecule has 0 fully saturated rings. The first-order chi connectivity index (χ1) is 11.2. The van der Waals surface area contributed by atoms with Crippen LogP contribution in [0.3, 0.4) is 0 Å². The Hall–Kier alpha value is -1.92. The smallest absolute Gasteiger partial charge is 0.208 e. The van der Waals surface area contributed by atoms with Crippen LogP contribution in [0.1, 0.15) is 17.5 Å². The highest BCUT2D eigenvalue weighted by Gasteiger charge is 2.29. The molecule has 0 saturated carbocycles. The highest BCUT2D eigenvalue weighted by atomic mass is 32.2. The third-order valence-corrected chi connectivity index (χ3v) is 7.59. The topological polar surface area (TPSA) is 68.3 Å². The maximum atomic E-state index is 13.0. The molecule has 0 saturated heterocycles. The molecule has 0 atom stereocenters. The van der Waals surface area contributed by atoms with Crippen molar-refractivity contribution in [3.05, 3.63) is 66.2 Å². The molecule has 24 heavy (non-hydrogen) atoms. The van der Waals surface area contributed by atoms with Gasteiger partial charge in [-0.25, -0.2) is 16.8 Å². The molecule has 0 N–H and O–H groups in total. The Morgan fingerprint density at radius 2 is 1.58 bits per heavy atom. The molecular weight excluding hydrogens is 344 g/mol. The van der Waals surface area contributed by atoms with Crippen molar-refractivity contribution in [2.45, 2.75) is 35.0 Å². The molecule has 0 heterocycles. The largest absolute Gasteiger partial charge is 0.224 e. The fourth-order valence-corrected chi connectivity index (χ4v) is 6.09. The van der Waals surface area contributed by atoms with Crippen LogP contribution >= 0.6 is 0 Å². The van der Waals surface area contributed by atoms with Gasteiger partial charge in [-0.1, -0.05) is 35.9 Å². The summed E-state index contributed by atoms with van der Waals surface area (Å²) >= 11 is 0. The van der Waals surface area contributed by atoms with Gasteiger partial charge in [-0.2, -0.15) is 0 Å². The van der Waals surface area contributed by atoms with Gasteiger partial charge in [0.25, 0.3) is 0 Å². The summed E-state index contributed by atoms with van der Waals surface area (Å²) in [5.41, 5.74) is 1.34. The molecule has 128 valence electrons. The Bertz CT molecular complexity index is 955. The molecule has 0 bridgehead atoms. The minimum atomic E-state index is -3.93. The van der Waals surface area contributed by atoms with Crippen LogP contribution in [-0.4, -0.2) is 22.6 Å². The molecule has 0 spiro atoms. The van der Waals surface area contributed by atoms with Crippen LogP contribution in [-0.2, 0) is 19.7 Å². The van der Waals surface area contributed by atoms with Gasteiger partial charge in [-0.05, 0) is 44.0 Å². The molecule has 2 aromatic carbocycles. The number of benzene rings is 2. The van der Waals surface area contributed by atoms with Gasteiger partial charge < -0.3 is 0 Å². The number of allylic oxidation sites excluding steroid dienone is 1. The van der Waals surface area contributed by atoms with E-state index in [1.54, 1.807) is 31.2 Å². The Labute approximate surface area is 143 Å². The van der Waals surface area contributed by atoms with Gasteiger partial charge >= 0.3 is 0 Å². The van der Waals surface area contributed by atoms with Crippen molar-refractivity contribution in [2.75, 3.05) is 5.75 Å². The summed E-state index contributed by atoms with van der Waals surface area (Å²) in [6.07, 6.45) is 1.77. The van der Waals surface area contributed by atoms with Crippen LogP contribution in [0.4, 0.5) is 0 Å². The van der Waals surface area contributed by atoms with E-state index in [2.05, 4.69) is 6.58 Å². The average molecular weight is 364 g/mol. The predicted molar refractivity (Wildman–Crippen MR) is 94.7 cm³/mol. The minimum absolute atomic E-state index is 0.0857. The number of aryl methyl sites for hydroxylation is 2. The van der Waals surface area contributed by atoms with E-state index in [0.717, 1.165) is 5.56 Å². The van der Waals surface area contributed by atoms with E-state index in [1.807, 2.05) is 6.92 Å². The minimum Gasteiger partial charge on any atom is -0.224 e. The first-order valence-electron chi connectivity index (χ1n) is 7.45. The van der Waals surface area contributed by atoms with E-state index in [9.17, 15) is 16.8 Å². The third kappa shape index (κ3) is 3.60. The second kappa shape index (κ2) is 6.91. The summed E-state index contributed by atoms with van der Waals surface area (Å²) in [6.45, 7) is 6.98. The van der Waals surface area contributed by atoms with Crippen LogP contribution < -0.4 is 0 Å². The fraction of sp³-hybridized carbons (Fsp3) is 0.222. The fourth-order valence-electron chi connectivity index (χ4n) is 2.40. The van der Waals surface area contributed by atoms with Crippen molar-refractivity contribution in [1.82, 2.24) is 0 Å². The SMILES string of the molecule is C=CCCS(=O)(=O)c1cccc(C)c1S(=O)(=O)c1ccc(C)cc1. The summed E-state index contributed by atoms with van der Waals surface area (Å²) in [5, 5.41) is 0. The van der Waals surface area contributed by atoms with Crippen molar-refractivity contribution < 1.29 is 16.8 Å². The Morgan fingerprint density at radius 3 is 2.17 bits per heavy atom. The van der Waals surface area contributed by atoms with E-state index in [4.69, 9.17) is 0 Å². The highest BCUT2D eigenvalue weighted by Crippen LogP contribution is 2.31. The van der Waals surface area contributed by atoms with Gasteiger partial charge in [-0.3, -0.25) is 0 Å². The van der Waals surface area contributed by atoms with E-state index in [-0.39, 0.29) is 26.9 Å². The van der Waals surface area contributed by atoms with Crippen molar-refractivity contribution in [3.8, 4) is 0 Å². The zero-order chi connectivity index (χ0) is 18.0. The summed E-state index contributed by atoms with van der Waals surface area (Å²) in [4.78, 5) is -0.203. The van der Waals surface area contributed by atoms with Gasteiger partial charge in [0.15, 0.2) is 9.84 Å². The molecule has 0 unspecified atom stereocenters. The monoisotopic (exact) mass is 364 g/mol. The molecule has 0 aromatic heterocycles. The van der Waals surface area contributed by atoms with Crippen LogP contribution in [0.5, 0.6) is 0 Å².